The number of amides is 1. The van der Waals surface area contributed by atoms with Crippen LogP contribution in [0.15, 0.2) is 0 Å². The van der Waals surface area contributed by atoms with Crippen molar-refractivity contribution in [1.82, 2.24) is 5.32 Å². The van der Waals surface area contributed by atoms with Gasteiger partial charge in [0.2, 0.25) is 0 Å². The van der Waals surface area contributed by atoms with Crippen LogP contribution in [-0.2, 0) is 28.6 Å². The van der Waals surface area contributed by atoms with Crippen LogP contribution in [0.1, 0.15) is 130 Å². The topological polar surface area (TPSA) is 128 Å². The van der Waals surface area contributed by atoms with Crippen LogP contribution >= 0.6 is 0 Å². The standard InChI is InChI=1S/C28H51NO8/c1-6-7-8-9-10-11-12-13-14-15-16-18-22(21-25(32)35-5)36-26(33)23(19-17-20-24(30)31)29-27(34)37-28(2,3)4/h22-23H,6-21H2,1-5H3,(H,29,34)(H,30,31)/t22-,23-/m0/s1. The van der Waals surface area contributed by atoms with Crippen LogP contribution in [0.25, 0.3) is 0 Å². The molecule has 2 N–H and O–H groups in total. The molecule has 0 aliphatic heterocycles. The molecule has 0 heterocycles. The Hall–Kier alpha value is -2.32. The summed E-state index contributed by atoms with van der Waals surface area (Å²) in [6.07, 6.45) is 12.1. The molecule has 0 saturated heterocycles. The van der Waals surface area contributed by atoms with Crippen molar-refractivity contribution in [2.24, 2.45) is 0 Å². The Morgan fingerprint density at radius 1 is 0.811 bits per heavy atom. The molecule has 1 amide bonds. The summed E-state index contributed by atoms with van der Waals surface area (Å²) in [5.41, 5.74) is -0.762. The lowest BCUT2D eigenvalue weighted by atomic mass is 10.0. The third kappa shape index (κ3) is 21.5. The number of aliphatic carboxylic acids is 1. The number of esters is 2. The minimum absolute atomic E-state index is 0.0751. The second kappa shape index (κ2) is 20.7. The van der Waals surface area contributed by atoms with Gasteiger partial charge in [0.1, 0.15) is 17.7 Å². The summed E-state index contributed by atoms with van der Waals surface area (Å²) < 4.78 is 15.6. The van der Waals surface area contributed by atoms with Crippen molar-refractivity contribution < 1.29 is 38.5 Å². The number of nitrogens with one attached hydrogen (secondary N) is 1. The van der Waals surface area contributed by atoms with Crippen molar-refractivity contribution >= 4 is 24.0 Å². The van der Waals surface area contributed by atoms with E-state index in [1.807, 2.05) is 0 Å². The number of carboxylic acids is 1. The van der Waals surface area contributed by atoms with Crippen molar-refractivity contribution in [1.29, 1.82) is 0 Å². The van der Waals surface area contributed by atoms with Crippen LogP contribution in [0.2, 0.25) is 0 Å². The molecule has 0 radical (unpaired) electrons. The van der Waals surface area contributed by atoms with E-state index in [1.54, 1.807) is 20.8 Å². The lowest BCUT2D eigenvalue weighted by Crippen LogP contribution is -2.45. The van der Waals surface area contributed by atoms with Gasteiger partial charge in [0, 0.05) is 6.42 Å². The second-order valence-electron chi connectivity index (χ2n) is 10.6. The number of carboxylic acid groups (broad SMARTS) is 1. The first-order valence-electron chi connectivity index (χ1n) is 14.0. The molecule has 0 spiro atoms. The zero-order chi connectivity index (χ0) is 28.1. The molecule has 9 nitrogen and oxygen atoms in total. The highest BCUT2D eigenvalue weighted by Gasteiger charge is 2.28. The summed E-state index contributed by atoms with van der Waals surface area (Å²) >= 11 is 0. The summed E-state index contributed by atoms with van der Waals surface area (Å²) in [5.74, 6) is -2.19. The third-order valence-corrected chi connectivity index (χ3v) is 5.89. The first kappa shape index (κ1) is 34.7. The number of unbranched alkanes of at least 4 members (excludes halogenated alkanes) is 10. The minimum Gasteiger partial charge on any atom is -0.481 e. The maximum atomic E-state index is 12.9. The molecular weight excluding hydrogens is 478 g/mol. The molecule has 0 unspecified atom stereocenters. The first-order valence-corrected chi connectivity index (χ1v) is 14.0. The predicted octanol–water partition coefficient (Wildman–Crippen LogP) is 6.31. The van der Waals surface area contributed by atoms with Gasteiger partial charge in [-0.05, 0) is 46.5 Å². The summed E-state index contributed by atoms with van der Waals surface area (Å²) in [5, 5.41) is 11.4. The van der Waals surface area contributed by atoms with Gasteiger partial charge in [-0.25, -0.2) is 9.59 Å². The van der Waals surface area contributed by atoms with Gasteiger partial charge in [-0.2, -0.15) is 0 Å². The van der Waals surface area contributed by atoms with Gasteiger partial charge in [0.05, 0.1) is 13.5 Å². The number of hydrogen-bond donors (Lipinski definition) is 2. The maximum absolute atomic E-state index is 12.9. The van der Waals surface area contributed by atoms with Crippen LogP contribution in [0.5, 0.6) is 0 Å². The molecule has 9 heteroatoms. The Morgan fingerprint density at radius 2 is 1.35 bits per heavy atom. The van der Waals surface area contributed by atoms with Crippen molar-refractivity contribution in [2.45, 2.75) is 148 Å². The number of hydrogen-bond acceptors (Lipinski definition) is 7. The van der Waals surface area contributed by atoms with E-state index < -0.39 is 41.7 Å². The van der Waals surface area contributed by atoms with Crippen molar-refractivity contribution in [3.8, 4) is 0 Å². The van der Waals surface area contributed by atoms with Gasteiger partial charge in [-0.3, -0.25) is 9.59 Å². The highest BCUT2D eigenvalue weighted by molar-refractivity contribution is 5.82. The SMILES string of the molecule is CCCCCCCCCCCCC[C@@H](CC(=O)OC)OC(=O)[C@H](CCCC(=O)O)NC(=O)OC(C)(C)C. The van der Waals surface area contributed by atoms with E-state index in [1.165, 1.54) is 58.5 Å². The summed E-state index contributed by atoms with van der Waals surface area (Å²) in [6.45, 7) is 7.32. The molecule has 0 aromatic heterocycles. The van der Waals surface area contributed by atoms with E-state index in [4.69, 9.17) is 19.3 Å². The molecule has 216 valence electrons. The average Bonchev–Trinajstić information content (AvgIpc) is 2.80. The van der Waals surface area contributed by atoms with Crippen LogP contribution in [0.4, 0.5) is 4.79 Å². The highest BCUT2D eigenvalue weighted by atomic mass is 16.6. The van der Waals surface area contributed by atoms with Crippen molar-refractivity contribution in [3.63, 3.8) is 0 Å². The second-order valence-corrected chi connectivity index (χ2v) is 10.6. The molecule has 0 rings (SSSR count). The van der Waals surface area contributed by atoms with E-state index in [0.29, 0.717) is 6.42 Å². The number of carbonyl (C=O) groups is 4. The third-order valence-electron chi connectivity index (χ3n) is 5.89. The molecule has 2 atom stereocenters. The molecule has 0 saturated carbocycles. The molecule has 0 aliphatic rings. The zero-order valence-electron chi connectivity index (χ0n) is 23.8. The number of ether oxygens (including phenoxy) is 3. The zero-order valence-corrected chi connectivity index (χ0v) is 23.8. The Kier molecular flexibility index (Phi) is 19.4. The monoisotopic (exact) mass is 529 g/mol. The van der Waals surface area contributed by atoms with Crippen LogP contribution in [0.3, 0.4) is 0 Å². The summed E-state index contributed by atoms with van der Waals surface area (Å²) in [7, 11) is 1.28. The summed E-state index contributed by atoms with van der Waals surface area (Å²) in [6, 6.07) is -1.08. The van der Waals surface area contributed by atoms with E-state index >= 15 is 0 Å². The lowest BCUT2D eigenvalue weighted by Gasteiger charge is -2.24. The first-order chi connectivity index (χ1) is 17.5. The summed E-state index contributed by atoms with van der Waals surface area (Å²) in [4.78, 5) is 47.9. The molecule has 0 fully saturated rings. The number of rotatable bonds is 21. The van der Waals surface area contributed by atoms with E-state index in [0.717, 1.165) is 19.3 Å². The van der Waals surface area contributed by atoms with Crippen LogP contribution < -0.4 is 5.32 Å². The molecular formula is C28H51NO8. The molecule has 37 heavy (non-hydrogen) atoms. The van der Waals surface area contributed by atoms with Gasteiger partial charge in [0.15, 0.2) is 0 Å². The van der Waals surface area contributed by atoms with Crippen LogP contribution in [0, 0.1) is 0 Å². The van der Waals surface area contributed by atoms with Gasteiger partial charge < -0.3 is 24.6 Å². The lowest BCUT2D eigenvalue weighted by molar-refractivity contribution is -0.156. The molecule has 0 aliphatic carbocycles. The Labute approximate surface area is 223 Å². The quantitative estimate of drug-likeness (QED) is 0.101. The average molecular weight is 530 g/mol. The van der Waals surface area contributed by atoms with Gasteiger partial charge in [-0.1, -0.05) is 71.1 Å². The van der Waals surface area contributed by atoms with Gasteiger partial charge >= 0.3 is 24.0 Å². The fourth-order valence-corrected chi connectivity index (χ4v) is 3.91. The van der Waals surface area contributed by atoms with E-state index in [2.05, 4.69) is 12.2 Å². The molecule has 0 aromatic rings. The Balaban J connectivity index is 4.75. The number of alkyl carbamates (subject to hydrolysis) is 1. The van der Waals surface area contributed by atoms with Crippen molar-refractivity contribution in [2.75, 3.05) is 7.11 Å². The molecule has 0 bridgehead atoms. The Morgan fingerprint density at radius 3 is 1.84 bits per heavy atom. The Bertz CT molecular complexity index is 659. The van der Waals surface area contributed by atoms with Gasteiger partial charge in [0.25, 0.3) is 0 Å². The minimum atomic E-state index is -1.08. The smallest absolute Gasteiger partial charge is 0.408 e. The predicted molar refractivity (Wildman–Crippen MR) is 142 cm³/mol. The largest absolute Gasteiger partial charge is 0.481 e. The van der Waals surface area contributed by atoms with E-state index in [9.17, 15) is 19.2 Å². The fourth-order valence-electron chi connectivity index (χ4n) is 3.91. The normalized spacial score (nSPS) is 12.9. The fraction of sp³-hybridized carbons (Fsp3) is 0.857. The van der Waals surface area contributed by atoms with Crippen LogP contribution in [-0.4, -0.2) is 54.0 Å². The molecule has 0 aromatic carbocycles. The number of carbonyl (C=O) groups excluding carboxylic acids is 3. The van der Waals surface area contributed by atoms with Gasteiger partial charge in [-0.15, -0.1) is 0 Å². The number of methoxy groups -OCH3 is 1. The van der Waals surface area contributed by atoms with Crippen molar-refractivity contribution in [3.05, 3.63) is 0 Å². The maximum Gasteiger partial charge on any atom is 0.408 e. The van der Waals surface area contributed by atoms with E-state index in [-0.39, 0.29) is 25.7 Å². The highest BCUT2D eigenvalue weighted by Crippen LogP contribution is 2.17.